The van der Waals surface area contributed by atoms with Crippen LogP contribution in [0.15, 0.2) is 24.9 Å². The molecule has 1 fully saturated rings. The lowest BCUT2D eigenvalue weighted by atomic mass is 10.3. The monoisotopic (exact) mass is 316 g/mol. The van der Waals surface area contributed by atoms with Gasteiger partial charge in [0.1, 0.15) is 0 Å². The van der Waals surface area contributed by atoms with Crippen molar-refractivity contribution in [1.29, 1.82) is 0 Å². The van der Waals surface area contributed by atoms with Crippen molar-refractivity contribution in [3.05, 3.63) is 24.9 Å². The second-order valence-electron chi connectivity index (χ2n) is 4.62. The van der Waals surface area contributed by atoms with Gasteiger partial charge in [-0.15, -0.1) is 0 Å². The lowest BCUT2D eigenvalue weighted by molar-refractivity contribution is -0.154. The first-order valence-corrected chi connectivity index (χ1v) is 6.58. The van der Waals surface area contributed by atoms with Crippen molar-refractivity contribution in [1.82, 2.24) is 14.9 Å². The number of hydrogen-bond acceptors (Lipinski definition) is 5. The first-order valence-electron chi connectivity index (χ1n) is 6.58. The Balaban J connectivity index is 1.96. The van der Waals surface area contributed by atoms with E-state index in [1.807, 2.05) is 0 Å². The summed E-state index contributed by atoms with van der Waals surface area (Å²) in [6.45, 7) is 3.95. The average molecular weight is 316 g/mol. The molecular formula is C13H15F3N4O2. The molecule has 0 radical (unpaired) electrons. The zero-order chi connectivity index (χ0) is 16.2. The van der Waals surface area contributed by atoms with E-state index in [9.17, 15) is 18.0 Å². The molecular weight excluding hydrogens is 301 g/mol. The third-order valence-corrected chi connectivity index (χ3v) is 3.05. The number of carbonyl (C=O) groups is 1. The highest BCUT2D eigenvalue weighted by molar-refractivity contribution is 5.87. The lowest BCUT2D eigenvalue weighted by Gasteiger charge is -2.34. The molecule has 0 unspecified atom stereocenters. The quantitative estimate of drug-likeness (QED) is 0.783. The third-order valence-electron chi connectivity index (χ3n) is 3.05. The van der Waals surface area contributed by atoms with E-state index in [1.54, 1.807) is 9.80 Å². The zero-order valence-electron chi connectivity index (χ0n) is 11.7. The number of aromatic nitrogens is 2. The van der Waals surface area contributed by atoms with Crippen LogP contribution in [0.25, 0.3) is 0 Å². The number of carbonyl (C=O) groups excluding carboxylic acids is 1. The standard InChI is InChI=1S/C13H15F3N4O2/c1-2-11(21)19-5-7-20(8-6-19)12-17-4-3-10(18-12)22-9-13(14,15)16/h2-4H,1,5-9H2. The molecule has 9 heteroatoms. The minimum absolute atomic E-state index is 0.132. The summed E-state index contributed by atoms with van der Waals surface area (Å²) in [5.41, 5.74) is 0. The van der Waals surface area contributed by atoms with Gasteiger partial charge in [0.05, 0.1) is 0 Å². The number of ether oxygens (including phenoxy) is 1. The van der Waals surface area contributed by atoms with Crippen molar-refractivity contribution in [2.45, 2.75) is 6.18 Å². The van der Waals surface area contributed by atoms with E-state index in [0.29, 0.717) is 26.2 Å². The fourth-order valence-electron chi connectivity index (χ4n) is 1.98. The van der Waals surface area contributed by atoms with Gasteiger partial charge in [0.2, 0.25) is 17.7 Å². The first-order chi connectivity index (χ1) is 10.4. The molecule has 1 aliphatic heterocycles. The molecule has 120 valence electrons. The number of piperazine rings is 1. The predicted molar refractivity (Wildman–Crippen MR) is 72.6 cm³/mol. The van der Waals surface area contributed by atoms with E-state index in [1.165, 1.54) is 18.3 Å². The Morgan fingerprint density at radius 1 is 1.36 bits per heavy atom. The summed E-state index contributed by atoms with van der Waals surface area (Å²) in [6, 6.07) is 1.27. The van der Waals surface area contributed by atoms with Crippen LogP contribution in [0.4, 0.5) is 19.1 Å². The van der Waals surface area contributed by atoms with Gasteiger partial charge in [0.25, 0.3) is 0 Å². The number of rotatable bonds is 4. The molecule has 2 rings (SSSR count). The fourth-order valence-corrected chi connectivity index (χ4v) is 1.98. The fraction of sp³-hybridized carbons (Fsp3) is 0.462. The largest absolute Gasteiger partial charge is 0.468 e. The van der Waals surface area contributed by atoms with E-state index in [0.717, 1.165) is 0 Å². The maximum atomic E-state index is 12.1. The minimum atomic E-state index is -4.41. The van der Waals surface area contributed by atoms with E-state index in [4.69, 9.17) is 0 Å². The van der Waals surface area contributed by atoms with Crippen LogP contribution in [-0.2, 0) is 4.79 Å². The molecule has 1 amide bonds. The maximum absolute atomic E-state index is 12.1. The molecule has 0 N–H and O–H groups in total. The third kappa shape index (κ3) is 4.34. The molecule has 1 aliphatic rings. The summed E-state index contributed by atoms with van der Waals surface area (Å²) < 4.78 is 41.0. The molecule has 1 aromatic rings. The average Bonchev–Trinajstić information content (AvgIpc) is 2.52. The Kier molecular flexibility index (Phi) is 4.84. The first kappa shape index (κ1) is 16.1. The smallest absolute Gasteiger partial charge is 0.422 e. The van der Waals surface area contributed by atoms with Gasteiger partial charge in [-0.05, 0) is 6.08 Å². The maximum Gasteiger partial charge on any atom is 0.422 e. The molecule has 2 heterocycles. The van der Waals surface area contributed by atoms with E-state index in [-0.39, 0.29) is 17.7 Å². The molecule has 22 heavy (non-hydrogen) atoms. The number of halogens is 3. The second kappa shape index (κ2) is 6.63. The van der Waals surface area contributed by atoms with Crippen molar-refractivity contribution in [3.8, 4) is 5.88 Å². The van der Waals surface area contributed by atoms with Gasteiger partial charge in [0, 0.05) is 38.4 Å². The SMILES string of the molecule is C=CC(=O)N1CCN(c2nccc(OCC(F)(F)F)n2)CC1. The lowest BCUT2D eigenvalue weighted by Crippen LogP contribution is -2.48. The summed E-state index contributed by atoms with van der Waals surface area (Å²) in [7, 11) is 0. The Morgan fingerprint density at radius 3 is 2.64 bits per heavy atom. The number of amides is 1. The van der Waals surface area contributed by atoms with Crippen molar-refractivity contribution in [3.63, 3.8) is 0 Å². The summed E-state index contributed by atoms with van der Waals surface area (Å²) in [6.07, 6.45) is -1.82. The number of alkyl halides is 3. The van der Waals surface area contributed by atoms with E-state index in [2.05, 4.69) is 21.3 Å². The topological polar surface area (TPSA) is 58.6 Å². The molecule has 0 atom stereocenters. The molecule has 6 nitrogen and oxygen atoms in total. The van der Waals surface area contributed by atoms with Gasteiger partial charge in [0.15, 0.2) is 6.61 Å². The zero-order valence-corrected chi connectivity index (χ0v) is 11.7. The molecule has 0 aromatic carbocycles. The van der Waals surface area contributed by atoms with Crippen LogP contribution < -0.4 is 9.64 Å². The summed E-state index contributed by atoms with van der Waals surface area (Å²) in [4.78, 5) is 22.9. The van der Waals surface area contributed by atoms with Gasteiger partial charge in [-0.2, -0.15) is 18.2 Å². The highest BCUT2D eigenvalue weighted by Crippen LogP contribution is 2.19. The number of anilines is 1. The highest BCUT2D eigenvalue weighted by atomic mass is 19.4. The predicted octanol–water partition coefficient (Wildman–Crippen LogP) is 1.25. The molecule has 0 aliphatic carbocycles. The van der Waals surface area contributed by atoms with Crippen LogP contribution in [0.1, 0.15) is 0 Å². The van der Waals surface area contributed by atoms with Gasteiger partial charge in [-0.1, -0.05) is 6.58 Å². The highest BCUT2D eigenvalue weighted by Gasteiger charge is 2.29. The van der Waals surface area contributed by atoms with Gasteiger partial charge in [-0.25, -0.2) is 4.98 Å². The van der Waals surface area contributed by atoms with Crippen molar-refractivity contribution in [2.24, 2.45) is 0 Å². The normalized spacial score (nSPS) is 15.6. The molecule has 0 saturated carbocycles. The number of nitrogens with zero attached hydrogens (tertiary/aromatic N) is 4. The van der Waals surface area contributed by atoms with Gasteiger partial charge >= 0.3 is 6.18 Å². The molecule has 1 aromatic heterocycles. The Labute approximate surface area is 125 Å². The van der Waals surface area contributed by atoms with Gasteiger partial charge in [-0.3, -0.25) is 4.79 Å². The Hall–Kier alpha value is -2.32. The minimum Gasteiger partial charge on any atom is -0.468 e. The van der Waals surface area contributed by atoms with Crippen LogP contribution >= 0.6 is 0 Å². The Morgan fingerprint density at radius 2 is 2.05 bits per heavy atom. The second-order valence-corrected chi connectivity index (χ2v) is 4.62. The summed E-state index contributed by atoms with van der Waals surface area (Å²) >= 11 is 0. The van der Waals surface area contributed by atoms with Crippen molar-refractivity contribution in [2.75, 3.05) is 37.7 Å². The Bertz CT molecular complexity index is 542. The van der Waals surface area contributed by atoms with Crippen molar-refractivity contribution >= 4 is 11.9 Å². The van der Waals surface area contributed by atoms with Crippen LogP contribution in [0.3, 0.4) is 0 Å². The van der Waals surface area contributed by atoms with Crippen LogP contribution in [0.5, 0.6) is 5.88 Å². The molecule has 0 bridgehead atoms. The van der Waals surface area contributed by atoms with E-state index >= 15 is 0 Å². The van der Waals surface area contributed by atoms with Crippen LogP contribution in [-0.4, -0.2) is 59.7 Å². The number of hydrogen-bond donors (Lipinski definition) is 0. The summed E-state index contributed by atoms with van der Waals surface area (Å²) in [5, 5.41) is 0. The van der Waals surface area contributed by atoms with Gasteiger partial charge < -0.3 is 14.5 Å². The molecule has 1 saturated heterocycles. The van der Waals surface area contributed by atoms with Crippen LogP contribution in [0.2, 0.25) is 0 Å². The summed E-state index contributed by atoms with van der Waals surface area (Å²) in [5.74, 6) is 0.000119. The van der Waals surface area contributed by atoms with Crippen molar-refractivity contribution < 1.29 is 22.7 Å². The van der Waals surface area contributed by atoms with E-state index < -0.39 is 12.8 Å². The molecule has 0 spiro atoms. The van der Waals surface area contributed by atoms with Crippen LogP contribution in [0, 0.1) is 0 Å².